The van der Waals surface area contributed by atoms with Gasteiger partial charge in [0.15, 0.2) is 0 Å². The number of nitrogens with zero attached hydrogens (tertiary/aromatic N) is 2. The first-order valence-electron chi connectivity index (χ1n) is 7.39. The Morgan fingerprint density at radius 1 is 1.17 bits per heavy atom. The zero-order valence-corrected chi connectivity index (χ0v) is 12.5. The maximum atomic E-state index is 12.3. The summed E-state index contributed by atoms with van der Waals surface area (Å²) in [6.07, 6.45) is 1.40. The first-order chi connectivity index (χ1) is 11.2. The van der Waals surface area contributed by atoms with Gasteiger partial charge in [-0.05, 0) is 48.9 Å². The Kier molecular flexibility index (Phi) is 4.07. The average molecular weight is 305 g/mol. The monoisotopic (exact) mass is 305 g/mol. The minimum atomic E-state index is -0.247. The second-order valence-corrected chi connectivity index (χ2v) is 5.34. The number of rotatable bonds is 3. The molecule has 0 spiro atoms. The lowest BCUT2D eigenvalue weighted by Gasteiger charge is -2.16. The molecule has 1 heterocycles. The van der Waals surface area contributed by atoms with E-state index >= 15 is 0 Å². The molecule has 2 aromatic rings. The molecule has 5 nitrogen and oxygen atoms in total. The van der Waals surface area contributed by atoms with Gasteiger partial charge >= 0.3 is 0 Å². The van der Waals surface area contributed by atoms with Crippen LogP contribution in [0.3, 0.4) is 0 Å². The normalized spacial score (nSPS) is 13.7. The number of carbonyl (C=O) groups is 2. The number of nitriles is 1. The van der Waals surface area contributed by atoms with Crippen LogP contribution in [0.1, 0.15) is 28.8 Å². The van der Waals surface area contributed by atoms with Crippen LogP contribution in [0, 0.1) is 11.3 Å². The summed E-state index contributed by atoms with van der Waals surface area (Å²) in [5.41, 5.74) is 2.40. The van der Waals surface area contributed by atoms with E-state index in [1.165, 1.54) is 0 Å². The molecule has 2 amide bonds. The van der Waals surface area contributed by atoms with Crippen LogP contribution < -0.4 is 10.2 Å². The fraction of sp³-hybridized carbons (Fsp3) is 0.167. The highest BCUT2D eigenvalue weighted by molar-refractivity contribution is 6.05. The van der Waals surface area contributed by atoms with Crippen molar-refractivity contribution in [1.82, 2.24) is 0 Å². The fourth-order valence-corrected chi connectivity index (χ4v) is 2.57. The van der Waals surface area contributed by atoms with Crippen molar-refractivity contribution >= 4 is 23.2 Å². The molecule has 0 unspecified atom stereocenters. The van der Waals surface area contributed by atoms with Crippen molar-refractivity contribution in [3.63, 3.8) is 0 Å². The second kappa shape index (κ2) is 6.32. The second-order valence-electron chi connectivity index (χ2n) is 5.34. The van der Waals surface area contributed by atoms with E-state index in [1.54, 1.807) is 47.4 Å². The van der Waals surface area contributed by atoms with Gasteiger partial charge in [0.05, 0.1) is 11.6 Å². The lowest BCUT2D eigenvalue weighted by molar-refractivity contribution is -0.117. The van der Waals surface area contributed by atoms with Gasteiger partial charge in [-0.25, -0.2) is 0 Å². The Labute approximate surface area is 134 Å². The van der Waals surface area contributed by atoms with Crippen LogP contribution in [0.2, 0.25) is 0 Å². The number of benzene rings is 2. The molecule has 5 heteroatoms. The van der Waals surface area contributed by atoms with Gasteiger partial charge < -0.3 is 10.2 Å². The lowest BCUT2D eigenvalue weighted by Crippen LogP contribution is -2.24. The summed E-state index contributed by atoms with van der Waals surface area (Å²) in [5, 5.41) is 11.6. The van der Waals surface area contributed by atoms with Gasteiger partial charge in [0, 0.05) is 29.9 Å². The van der Waals surface area contributed by atoms with Gasteiger partial charge in [-0.2, -0.15) is 5.26 Å². The van der Waals surface area contributed by atoms with E-state index in [0.29, 0.717) is 29.8 Å². The summed E-state index contributed by atoms with van der Waals surface area (Å²) >= 11 is 0. The molecule has 0 bridgehead atoms. The Hall–Kier alpha value is -3.13. The maximum Gasteiger partial charge on any atom is 0.255 e. The van der Waals surface area contributed by atoms with Crippen LogP contribution in [0.25, 0.3) is 0 Å². The van der Waals surface area contributed by atoms with E-state index in [9.17, 15) is 9.59 Å². The molecule has 0 saturated carbocycles. The molecule has 1 saturated heterocycles. The van der Waals surface area contributed by atoms with Crippen LogP contribution in [0.15, 0.2) is 48.5 Å². The van der Waals surface area contributed by atoms with E-state index in [0.717, 1.165) is 12.1 Å². The molecule has 3 rings (SSSR count). The maximum absolute atomic E-state index is 12.3. The zero-order chi connectivity index (χ0) is 16.2. The van der Waals surface area contributed by atoms with Gasteiger partial charge in [-0.3, -0.25) is 9.59 Å². The molecule has 0 atom stereocenters. The standard InChI is InChI=1S/C18H15N3O2/c19-12-13-6-8-15(9-7-13)20-18(23)14-3-1-4-16(11-14)21-10-2-5-17(21)22/h1,3-4,6-9,11H,2,5,10H2,(H,20,23). The number of amides is 2. The summed E-state index contributed by atoms with van der Waals surface area (Å²) in [7, 11) is 0. The largest absolute Gasteiger partial charge is 0.322 e. The smallest absolute Gasteiger partial charge is 0.255 e. The number of carbonyl (C=O) groups excluding carboxylic acids is 2. The van der Waals surface area contributed by atoms with Crippen LogP contribution in [-0.4, -0.2) is 18.4 Å². The SMILES string of the molecule is N#Cc1ccc(NC(=O)c2cccc(N3CCCC3=O)c2)cc1. The van der Waals surface area contributed by atoms with Crippen LogP contribution in [0.5, 0.6) is 0 Å². The summed E-state index contributed by atoms with van der Waals surface area (Å²) in [6.45, 7) is 0.694. The highest BCUT2D eigenvalue weighted by Gasteiger charge is 2.22. The van der Waals surface area contributed by atoms with Gasteiger partial charge in [0.2, 0.25) is 5.91 Å². The Morgan fingerprint density at radius 3 is 2.61 bits per heavy atom. The fourth-order valence-electron chi connectivity index (χ4n) is 2.57. The average Bonchev–Trinajstić information content (AvgIpc) is 3.02. The summed E-state index contributed by atoms with van der Waals surface area (Å²) in [6, 6.07) is 15.7. The number of hydrogen-bond acceptors (Lipinski definition) is 3. The minimum absolute atomic E-state index is 0.0923. The first-order valence-corrected chi connectivity index (χ1v) is 7.39. The minimum Gasteiger partial charge on any atom is -0.322 e. The lowest BCUT2D eigenvalue weighted by atomic mass is 10.1. The van der Waals surface area contributed by atoms with Crippen LogP contribution in [0.4, 0.5) is 11.4 Å². The third-order valence-electron chi connectivity index (χ3n) is 3.77. The van der Waals surface area contributed by atoms with Gasteiger partial charge in [0.25, 0.3) is 5.91 Å². The molecular formula is C18H15N3O2. The number of hydrogen-bond donors (Lipinski definition) is 1. The molecule has 114 valence electrons. The number of anilines is 2. The quantitative estimate of drug-likeness (QED) is 0.947. The third-order valence-corrected chi connectivity index (χ3v) is 3.77. The molecule has 0 aliphatic carbocycles. The summed E-state index contributed by atoms with van der Waals surface area (Å²) in [5.74, 6) is -0.155. The summed E-state index contributed by atoms with van der Waals surface area (Å²) in [4.78, 5) is 25.9. The predicted molar refractivity (Wildman–Crippen MR) is 87.1 cm³/mol. The van der Waals surface area contributed by atoms with Crippen molar-refractivity contribution < 1.29 is 9.59 Å². The van der Waals surface area contributed by atoms with Crippen molar-refractivity contribution in [2.45, 2.75) is 12.8 Å². The topological polar surface area (TPSA) is 73.2 Å². The molecule has 23 heavy (non-hydrogen) atoms. The highest BCUT2D eigenvalue weighted by Crippen LogP contribution is 2.22. The summed E-state index contributed by atoms with van der Waals surface area (Å²) < 4.78 is 0. The van der Waals surface area contributed by atoms with E-state index < -0.39 is 0 Å². The van der Waals surface area contributed by atoms with Gasteiger partial charge in [-0.1, -0.05) is 6.07 Å². The van der Waals surface area contributed by atoms with Gasteiger partial charge in [0.1, 0.15) is 0 Å². The van der Waals surface area contributed by atoms with Gasteiger partial charge in [-0.15, -0.1) is 0 Å². The van der Waals surface area contributed by atoms with Crippen LogP contribution in [-0.2, 0) is 4.79 Å². The Morgan fingerprint density at radius 2 is 1.96 bits per heavy atom. The number of nitrogens with one attached hydrogen (secondary N) is 1. The molecule has 1 fully saturated rings. The van der Waals surface area contributed by atoms with Crippen molar-refractivity contribution in [1.29, 1.82) is 5.26 Å². The molecule has 0 radical (unpaired) electrons. The molecule has 1 aliphatic heterocycles. The van der Waals surface area contributed by atoms with E-state index in [-0.39, 0.29) is 11.8 Å². The first kappa shape index (κ1) is 14.8. The Bertz CT molecular complexity index is 791. The molecule has 0 aromatic heterocycles. The third kappa shape index (κ3) is 3.22. The highest BCUT2D eigenvalue weighted by atomic mass is 16.2. The Balaban J connectivity index is 1.76. The zero-order valence-electron chi connectivity index (χ0n) is 12.5. The molecule has 2 aromatic carbocycles. The molecular weight excluding hydrogens is 290 g/mol. The van der Waals surface area contributed by atoms with Crippen molar-refractivity contribution in [2.75, 3.05) is 16.8 Å². The van der Waals surface area contributed by atoms with E-state index in [2.05, 4.69) is 5.32 Å². The molecule has 1 aliphatic rings. The van der Waals surface area contributed by atoms with Crippen molar-refractivity contribution in [3.8, 4) is 6.07 Å². The van der Waals surface area contributed by atoms with Crippen molar-refractivity contribution in [2.24, 2.45) is 0 Å². The predicted octanol–water partition coefficient (Wildman–Crippen LogP) is 2.94. The van der Waals surface area contributed by atoms with E-state index in [1.807, 2.05) is 12.1 Å². The van der Waals surface area contributed by atoms with Crippen molar-refractivity contribution in [3.05, 3.63) is 59.7 Å². The van der Waals surface area contributed by atoms with Crippen LogP contribution >= 0.6 is 0 Å². The molecule has 1 N–H and O–H groups in total. The van der Waals surface area contributed by atoms with E-state index in [4.69, 9.17) is 5.26 Å².